The van der Waals surface area contributed by atoms with E-state index in [4.69, 9.17) is 0 Å². The highest BCUT2D eigenvalue weighted by Crippen LogP contribution is 2.20. The topological polar surface area (TPSA) is 44.1 Å². The minimum absolute atomic E-state index is 0.00216. The number of hydrogen-bond donors (Lipinski definition) is 0. The first-order chi connectivity index (χ1) is 10.5. The molecule has 0 radical (unpaired) electrons. The number of nitrogens with zero attached hydrogens (tertiary/aromatic N) is 2. The smallest absolute Gasteiger partial charge is 0.240 e. The summed E-state index contributed by atoms with van der Waals surface area (Å²) >= 11 is 0. The minimum Gasteiger partial charge on any atom is -0.342 e. The largest absolute Gasteiger partial charge is 0.342 e. The predicted molar refractivity (Wildman–Crippen MR) is 88.3 cm³/mol. The molecular formula is C19H26N2O. The van der Waals surface area contributed by atoms with E-state index in [0.717, 1.165) is 31.5 Å². The van der Waals surface area contributed by atoms with E-state index in [2.05, 4.69) is 39.0 Å². The molecule has 1 fully saturated rings. The monoisotopic (exact) mass is 298 g/mol. The Balaban J connectivity index is 1.99. The SMILES string of the molecule is CC1CCN(C(=O)C(C#N)Cc2ccc(C(C)C)cc2)CC1. The van der Waals surface area contributed by atoms with E-state index in [0.29, 0.717) is 18.3 Å². The fraction of sp³-hybridized carbons (Fsp3) is 0.579. The van der Waals surface area contributed by atoms with Crippen molar-refractivity contribution in [2.45, 2.75) is 46.0 Å². The van der Waals surface area contributed by atoms with Crippen LogP contribution in [0.3, 0.4) is 0 Å². The number of carbonyl (C=O) groups is 1. The summed E-state index contributed by atoms with van der Waals surface area (Å²) in [7, 11) is 0. The molecule has 1 aromatic carbocycles. The zero-order valence-electron chi connectivity index (χ0n) is 13.9. The molecule has 22 heavy (non-hydrogen) atoms. The number of benzene rings is 1. The van der Waals surface area contributed by atoms with Crippen LogP contribution in [-0.2, 0) is 11.2 Å². The maximum Gasteiger partial charge on any atom is 0.240 e. The van der Waals surface area contributed by atoms with Crippen LogP contribution in [0.2, 0.25) is 0 Å². The van der Waals surface area contributed by atoms with Crippen LogP contribution >= 0.6 is 0 Å². The van der Waals surface area contributed by atoms with Gasteiger partial charge in [0.15, 0.2) is 0 Å². The Labute approximate surface area is 133 Å². The van der Waals surface area contributed by atoms with Gasteiger partial charge in [0.05, 0.1) is 6.07 Å². The van der Waals surface area contributed by atoms with Crippen molar-refractivity contribution in [1.29, 1.82) is 5.26 Å². The summed E-state index contributed by atoms with van der Waals surface area (Å²) in [5, 5.41) is 9.39. The van der Waals surface area contributed by atoms with Crippen molar-refractivity contribution in [3.63, 3.8) is 0 Å². The van der Waals surface area contributed by atoms with E-state index in [1.165, 1.54) is 5.56 Å². The molecule has 0 spiro atoms. The van der Waals surface area contributed by atoms with Gasteiger partial charge in [-0.2, -0.15) is 5.26 Å². The second-order valence-electron chi connectivity index (χ2n) is 6.79. The molecule has 3 heteroatoms. The van der Waals surface area contributed by atoms with E-state index < -0.39 is 5.92 Å². The van der Waals surface area contributed by atoms with Crippen LogP contribution in [0.15, 0.2) is 24.3 Å². The van der Waals surface area contributed by atoms with E-state index in [1.807, 2.05) is 17.0 Å². The average Bonchev–Trinajstić information content (AvgIpc) is 2.53. The third-order valence-electron chi connectivity index (χ3n) is 4.64. The molecule has 1 amide bonds. The highest BCUT2D eigenvalue weighted by molar-refractivity contribution is 5.81. The summed E-state index contributed by atoms with van der Waals surface area (Å²) < 4.78 is 0. The van der Waals surface area contributed by atoms with Crippen molar-refractivity contribution in [1.82, 2.24) is 4.90 Å². The van der Waals surface area contributed by atoms with E-state index in [9.17, 15) is 10.1 Å². The molecule has 0 aliphatic carbocycles. The van der Waals surface area contributed by atoms with Crippen LogP contribution in [0.25, 0.3) is 0 Å². The van der Waals surface area contributed by atoms with E-state index in [-0.39, 0.29) is 5.91 Å². The predicted octanol–water partition coefficient (Wildman–Crippen LogP) is 3.75. The van der Waals surface area contributed by atoms with Gasteiger partial charge in [0.2, 0.25) is 5.91 Å². The van der Waals surface area contributed by atoms with Crippen LogP contribution in [0.5, 0.6) is 0 Å². The van der Waals surface area contributed by atoms with Crippen LogP contribution in [0.4, 0.5) is 0 Å². The normalized spacial score (nSPS) is 17.3. The van der Waals surface area contributed by atoms with Crippen LogP contribution in [0.1, 0.15) is 50.7 Å². The summed E-state index contributed by atoms with van der Waals surface area (Å²) in [5.74, 6) is 0.631. The lowest BCUT2D eigenvalue weighted by molar-refractivity contribution is -0.135. The third kappa shape index (κ3) is 4.10. The third-order valence-corrected chi connectivity index (χ3v) is 4.64. The van der Waals surface area contributed by atoms with Gasteiger partial charge < -0.3 is 4.90 Å². The number of rotatable bonds is 4. The molecule has 1 aliphatic heterocycles. The molecule has 118 valence electrons. The molecular weight excluding hydrogens is 272 g/mol. The highest BCUT2D eigenvalue weighted by atomic mass is 16.2. The fourth-order valence-electron chi connectivity index (χ4n) is 2.91. The summed E-state index contributed by atoms with van der Waals surface area (Å²) in [4.78, 5) is 14.4. The number of nitriles is 1. The molecule has 3 nitrogen and oxygen atoms in total. The molecule has 2 rings (SSSR count). The minimum atomic E-state index is -0.557. The first kappa shape index (κ1) is 16.5. The van der Waals surface area contributed by atoms with Gasteiger partial charge in [-0.15, -0.1) is 0 Å². The van der Waals surface area contributed by atoms with Crippen molar-refractivity contribution in [2.75, 3.05) is 13.1 Å². The molecule has 1 aromatic rings. The van der Waals surface area contributed by atoms with Crippen molar-refractivity contribution in [3.05, 3.63) is 35.4 Å². The van der Waals surface area contributed by atoms with Crippen molar-refractivity contribution >= 4 is 5.91 Å². The Bertz CT molecular complexity index is 534. The zero-order chi connectivity index (χ0) is 16.1. The number of piperidine rings is 1. The maximum atomic E-state index is 12.5. The molecule has 0 N–H and O–H groups in total. The standard InChI is InChI=1S/C19H26N2O/c1-14(2)17-6-4-16(5-7-17)12-18(13-20)19(22)21-10-8-15(3)9-11-21/h4-7,14-15,18H,8-12H2,1-3H3. The molecule has 0 aromatic heterocycles. The Hall–Kier alpha value is -1.82. The lowest BCUT2D eigenvalue weighted by Crippen LogP contribution is -2.41. The summed E-state index contributed by atoms with van der Waals surface area (Å²) in [6.07, 6.45) is 2.61. The van der Waals surface area contributed by atoms with Gasteiger partial charge in [-0.1, -0.05) is 45.0 Å². The molecule has 1 unspecified atom stereocenters. The second kappa shape index (κ2) is 7.45. The first-order valence-electron chi connectivity index (χ1n) is 8.28. The molecule has 0 bridgehead atoms. The molecule has 1 atom stereocenters. The number of amides is 1. The number of carbonyl (C=O) groups excluding carboxylic acids is 1. The lowest BCUT2D eigenvalue weighted by atomic mass is 9.94. The Morgan fingerprint density at radius 3 is 2.36 bits per heavy atom. The van der Waals surface area contributed by atoms with Gasteiger partial charge in [-0.3, -0.25) is 4.79 Å². The average molecular weight is 298 g/mol. The second-order valence-corrected chi connectivity index (χ2v) is 6.79. The first-order valence-corrected chi connectivity index (χ1v) is 8.28. The van der Waals surface area contributed by atoms with Gasteiger partial charge in [0.1, 0.15) is 5.92 Å². The quantitative estimate of drug-likeness (QED) is 0.849. The van der Waals surface area contributed by atoms with Gasteiger partial charge in [-0.05, 0) is 42.2 Å². The molecule has 1 heterocycles. The Morgan fingerprint density at radius 1 is 1.27 bits per heavy atom. The fourth-order valence-corrected chi connectivity index (χ4v) is 2.91. The van der Waals surface area contributed by atoms with Gasteiger partial charge >= 0.3 is 0 Å². The number of hydrogen-bond acceptors (Lipinski definition) is 2. The summed E-state index contributed by atoms with van der Waals surface area (Å²) in [6.45, 7) is 8.14. The molecule has 1 saturated heterocycles. The Kier molecular flexibility index (Phi) is 5.60. The van der Waals surface area contributed by atoms with Crippen LogP contribution < -0.4 is 0 Å². The number of likely N-dealkylation sites (tertiary alicyclic amines) is 1. The lowest BCUT2D eigenvalue weighted by Gasteiger charge is -2.31. The maximum absolute atomic E-state index is 12.5. The zero-order valence-corrected chi connectivity index (χ0v) is 13.9. The summed E-state index contributed by atoms with van der Waals surface area (Å²) in [5.41, 5.74) is 2.35. The van der Waals surface area contributed by atoms with Crippen LogP contribution in [0, 0.1) is 23.2 Å². The van der Waals surface area contributed by atoms with Crippen LogP contribution in [-0.4, -0.2) is 23.9 Å². The van der Waals surface area contributed by atoms with Crippen molar-refractivity contribution in [3.8, 4) is 6.07 Å². The van der Waals surface area contributed by atoms with Crippen molar-refractivity contribution < 1.29 is 4.79 Å². The molecule has 0 saturated carbocycles. The van der Waals surface area contributed by atoms with Crippen molar-refractivity contribution in [2.24, 2.45) is 11.8 Å². The van der Waals surface area contributed by atoms with Gasteiger partial charge in [-0.25, -0.2) is 0 Å². The van der Waals surface area contributed by atoms with Gasteiger partial charge in [0, 0.05) is 13.1 Å². The molecule has 1 aliphatic rings. The van der Waals surface area contributed by atoms with E-state index >= 15 is 0 Å². The summed E-state index contributed by atoms with van der Waals surface area (Å²) in [6, 6.07) is 10.5. The Morgan fingerprint density at radius 2 is 1.86 bits per heavy atom. The van der Waals surface area contributed by atoms with E-state index in [1.54, 1.807) is 0 Å². The highest BCUT2D eigenvalue weighted by Gasteiger charge is 2.27. The van der Waals surface area contributed by atoms with Gasteiger partial charge in [0.25, 0.3) is 0 Å².